The number of halogens is 1. The molecule has 0 aliphatic carbocycles. The van der Waals surface area contributed by atoms with Gasteiger partial charge in [-0.3, -0.25) is 4.40 Å². The normalized spacial score (nSPS) is 11.5. The van der Waals surface area contributed by atoms with Crippen LogP contribution in [0.5, 0.6) is 0 Å². The average Bonchev–Trinajstić information content (AvgIpc) is 2.87. The van der Waals surface area contributed by atoms with Crippen LogP contribution in [0.1, 0.15) is 31.2 Å². The number of fused-ring (bicyclic) bond motifs is 1. The van der Waals surface area contributed by atoms with Crippen molar-refractivity contribution in [1.82, 2.24) is 14.6 Å². The Kier molecular flexibility index (Phi) is 3.68. The van der Waals surface area contributed by atoms with Crippen molar-refractivity contribution in [2.75, 3.05) is 0 Å². The Balaban J connectivity index is 2.01. The Morgan fingerprint density at radius 2 is 2.00 bits per heavy atom. The molecule has 0 N–H and O–H groups in total. The van der Waals surface area contributed by atoms with Crippen LogP contribution in [-0.4, -0.2) is 14.6 Å². The molecule has 3 rings (SSSR count). The molecule has 3 aromatic rings. The molecule has 107 valence electrons. The standard InChI is InChI=1S/C16H15FN3S/c1-10(2)16-19-18-15-8-7-12(9-20(15)16)21-14-6-4-5-13(17)11(14)3/h4-10H,3H2,1-2H3. The fourth-order valence-electron chi connectivity index (χ4n) is 2.10. The zero-order valence-corrected chi connectivity index (χ0v) is 12.7. The van der Waals surface area contributed by atoms with Gasteiger partial charge in [-0.25, -0.2) is 4.39 Å². The summed E-state index contributed by atoms with van der Waals surface area (Å²) >= 11 is 1.49. The van der Waals surface area contributed by atoms with Crippen LogP contribution in [0.4, 0.5) is 4.39 Å². The van der Waals surface area contributed by atoms with Crippen molar-refractivity contribution in [2.24, 2.45) is 0 Å². The lowest BCUT2D eigenvalue weighted by Gasteiger charge is -2.08. The Labute approximate surface area is 127 Å². The molecule has 5 heteroatoms. The van der Waals surface area contributed by atoms with Gasteiger partial charge in [0.25, 0.3) is 0 Å². The predicted molar refractivity (Wildman–Crippen MR) is 82.1 cm³/mol. The zero-order valence-electron chi connectivity index (χ0n) is 11.9. The van der Waals surface area contributed by atoms with Gasteiger partial charge < -0.3 is 0 Å². The highest BCUT2D eigenvalue weighted by atomic mass is 32.2. The lowest BCUT2D eigenvalue weighted by molar-refractivity contribution is 0.618. The van der Waals surface area contributed by atoms with Crippen molar-refractivity contribution >= 4 is 17.4 Å². The maximum atomic E-state index is 13.6. The number of benzene rings is 1. The van der Waals surface area contributed by atoms with Crippen LogP contribution < -0.4 is 0 Å². The molecule has 0 unspecified atom stereocenters. The molecule has 0 spiro atoms. The number of rotatable bonds is 3. The van der Waals surface area contributed by atoms with Crippen LogP contribution >= 0.6 is 11.8 Å². The lowest BCUT2D eigenvalue weighted by atomic mass is 10.2. The highest BCUT2D eigenvalue weighted by Gasteiger charge is 2.11. The fraction of sp³-hybridized carbons (Fsp3) is 0.188. The molecule has 3 nitrogen and oxygen atoms in total. The van der Waals surface area contributed by atoms with Crippen molar-refractivity contribution < 1.29 is 4.39 Å². The topological polar surface area (TPSA) is 30.2 Å². The van der Waals surface area contributed by atoms with Gasteiger partial charge in [0, 0.05) is 27.5 Å². The van der Waals surface area contributed by atoms with Gasteiger partial charge in [-0.15, -0.1) is 10.2 Å². The van der Waals surface area contributed by atoms with Gasteiger partial charge in [-0.2, -0.15) is 0 Å². The monoisotopic (exact) mass is 300 g/mol. The summed E-state index contributed by atoms with van der Waals surface area (Å²) < 4.78 is 15.5. The van der Waals surface area contributed by atoms with E-state index in [0.717, 1.165) is 21.3 Å². The van der Waals surface area contributed by atoms with Crippen molar-refractivity contribution in [2.45, 2.75) is 29.6 Å². The first-order chi connectivity index (χ1) is 10.1. The van der Waals surface area contributed by atoms with Crippen LogP contribution in [0.25, 0.3) is 5.65 Å². The molecular formula is C16H15FN3S. The van der Waals surface area contributed by atoms with E-state index in [0.29, 0.717) is 5.56 Å². The number of aromatic nitrogens is 3. The van der Waals surface area contributed by atoms with E-state index >= 15 is 0 Å². The summed E-state index contributed by atoms with van der Waals surface area (Å²) in [5, 5.41) is 8.36. The summed E-state index contributed by atoms with van der Waals surface area (Å²) in [5.74, 6) is 0.924. The molecule has 0 fully saturated rings. The predicted octanol–water partition coefficient (Wildman–Crippen LogP) is 4.33. The average molecular weight is 300 g/mol. The maximum Gasteiger partial charge on any atom is 0.160 e. The molecule has 1 aromatic carbocycles. The van der Waals surface area contributed by atoms with E-state index in [-0.39, 0.29) is 11.7 Å². The van der Waals surface area contributed by atoms with Crippen molar-refractivity contribution in [3.63, 3.8) is 0 Å². The Hall–Kier alpha value is -1.88. The first-order valence-electron chi connectivity index (χ1n) is 6.69. The Morgan fingerprint density at radius 1 is 1.19 bits per heavy atom. The Morgan fingerprint density at radius 3 is 2.76 bits per heavy atom. The molecule has 1 radical (unpaired) electrons. The second-order valence-corrected chi connectivity index (χ2v) is 6.24. The highest BCUT2D eigenvalue weighted by molar-refractivity contribution is 7.99. The summed E-state index contributed by atoms with van der Waals surface area (Å²) in [6.07, 6.45) is 1.99. The van der Waals surface area contributed by atoms with E-state index in [9.17, 15) is 4.39 Å². The van der Waals surface area contributed by atoms with Gasteiger partial charge in [0.05, 0.1) is 0 Å². The van der Waals surface area contributed by atoms with Crippen LogP contribution in [0, 0.1) is 12.7 Å². The van der Waals surface area contributed by atoms with E-state index < -0.39 is 0 Å². The number of nitrogens with zero attached hydrogens (tertiary/aromatic N) is 3. The lowest BCUT2D eigenvalue weighted by Crippen LogP contribution is -1.97. The summed E-state index contributed by atoms with van der Waals surface area (Å²) in [6, 6.07) is 8.87. The molecule has 0 amide bonds. The minimum atomic E-state index is -0.284. The molecule has 0 atom stereocenters. The largest absolute Gasteiger partial charge is 0.285 e. The second kappa shape index (κ2) is 5.48. The third kappa shape index (κ3) is 2.65. The number of hydrogen-bond acceptors (Lipinski definition) is 3. The summed E-state index contributed by atoms with van der Waals surface area (Å²) in [5.41, 5.74) is 1.24. The summed E-state index contributed by atoms with van der Waals surface area (Å²) in [7, 11) is 0. The van der Waals surface area contributed by atoms with Gasteiger partial charge >= 0.3 is 0 Å². The van der Waals surface area contributed by atoms with Gasteiger partial charge in [0.15, 0.2) is 5.65 Å². The first-order valence-corrected chi connectivity index (χ1v) is 7.51. The molecule has 0 saturated heterocycles. The van der Waals surface area contributed by atoms with E-state index in [2.05, 4.69) is 31.0 Å². The quantitative estimate of drug-likeness (QED) is 0.721. The zero-order chi connectivity index (χ0) is 15.0. The maximum absolute atomic E-state index is 13.6. The molecule has 2 heterocycles. The number of pyridine rings is 1. The van der Waals surface area contributed by atoms with Crippen LogP contribution in [0.2, 0.25) is 0 Å². The third-order valence-corrected chi connectivity index (χ3v) is 4.30. The van der Waals surface area contributed by atoms with E-state index in [1.54, 1.807) is 6.07 Å². The molecule has 0 bridgehead atoms. The van der Waals surface area contributed by atoms with E-state index in [4.69, 9.17) is 0 Å². The van der Waals surface area contributed by atoms with Crippen LogP contribution in [0.15, 0.2) is 46.3 Å². The summed E-state index contributed by atoms with van der Waals surface area (Å²) in [6.45, 7) is 7.95. The van der Waals surface area contributed by atoms with Crippen molar-refractivity contribution in [3.8, 4) is 0 Å². The molecule has 0 saturated carbocycles. The molecule has 0 aliphatic heterocycles. The van der Waals surface area contributed by atoms with Crippen molar-refractivity contribution in [1.29, 1.82) is 0 Å². The molecular weight excluding hydrogens is 285 g/mol. The van der Waals surface area contributed by atoms with E-state index in [1.165, 1.54) is 17.8 Å². The van der Waals surface area contributed by atoms with Gasteiger partial charge in [-0.05, 0) is 31.2 Å². The SMILES string of the molecule is [CH2]c1c(F)cccc1Sc1ccc2nnc(C(C)C)n2c1. The highest BCUT2D eigenvalue weighted by Crippen LogP contribution is 2.31. The molecule has 21 heavy (non-hydrogen) atoms. The first kappa shape index (κ1) is 14.1. The third-order valence-electron chi connectivity index (χ3n) is 3.22. The van der Waals surface area contributed by atoms with Crippen LogP contribution in [0.3, 0.4) is 0 Å². The van der Waals surface area contributed by atoms with E-state index in [1.807, 2.05) is 28.8 Å². The summed E-state index contributed by atoms with van der Waals surface area (Å²) in [4.78, 5) is 1.81. The minimum Gasteiger partial charge on any atom is -0.285 e. The number of hydrogen-bond donors (Lipinski definition) is 0. The van der Waals surface area contributed by atoms with Crippen molar-refractivity contribution in [3.05, 3.63) is 60.7 Å². The minimum absolute atomic E-state index is 0.284. The smallest absolute Gasteiger partial charge is 0.160 e. The molecule has 0 aliphatic rings. The second-order valence-electron chi connectivity index (χ2n) is 5.12. The van der Waals surface area contributed by atoms with Gasteiger partial charge in [0.1, 0.15) is 11.6 Å². The Bertz CT molecular complexity index is 795. The van der Waals surface area contributed by atoms with Gasteiger partial charge in [-0.1, -0.05) is 31.7 Å². The van der Waals surface area contributed by atoms with Gasteiger partial charge in [0.2, 0.25) is 0 Å². The van der Waals surface area contributed by atoms with Crippen LogP contribution in [-0.2, 0) is 0 Å². The fourth-order valence-corrected chi connectivity index (χ4v) is 3.02. The molecule has 2 aromatic heterocycles.